The largest absolute Gasteiger partial charge is 0.393 e. The maximum absolute atomic E-state index is 12.1. The molecule has 0 aromatic heterocycles. The molecular weight excluding hydrogens is 155 g/mol. The van der Waals surface area contributed by atoms with Gasteiger partial charge in [0.15, 0.2) is 0 Å². The molecule has 2 atom stereocenters. The van der Waals surface area contributed by atoms with Crippen molar-refractivity contribution in [3.05, 3.63) is 0 Å². The van der Waals surface area contributed by atoms with Gasteiger partial charge >= 0.3 is 6.18 Å². The third-order valence-corrected chi connectivity index (χ3v) is 2.35. The fourth-order valence-corrected chi connectivity index (χ4v) is 1.43. The number of halogens is 3. The summed E-state index contributed by atoms with van der Waals surface area (Å²) in [6, 6.07) is 0.0709. The van der Waals surface area contributed by atoms with Gasteiger partial charge in [-0.05, 0) is 20.4 Å². The van der Waals surface area contributed by atoms with E-state index < -0.39 is 12.1 Å². The first-order chi connectivity index (χ1) is 4.91. The lowest BCUT2D eigenvalue weighted by molar-refractivity contribution is -0.170. The Morgan fingerprint density at radius 3 is 2.09 bits per heavy atom. The lowest BCUT2D eigenvalue weighted by Crippen LogP contribution is -2.26. The Bertz CT molecular complexity index is 133. The molecule has 1 saturated heterocycles. The summed E-state index contributed by atoms with van der Waals surface area (Å²) in [6.45, 7) is 1.98. The fourth-order valence-electron chi connectivity index (χ4n) is 1.43. The molecule has 0 N–H and O–H groups in total. The van der Waals surface area contributed by atoms with Gasteiger partial charge in [0.05, 0.1) is 5.92 Å². The van der Waals surface area contributed by atoms with E-state index in [1.807, 2.05) is 6.92 Å². The summed E-state index contributed by atoms with van der Waals surface area (Å²) < 4.78 is 36.2. The molecule has 1 fully saturated rings. The van der Waals surface area contributed by atoms with Gasteiger partial charge in [-0.2, -0.15) is 13.2 Å². The first kappa shape index (κ1) is 8.84. The molecule has 0 saturated carbocycles. The van der Waals surface area contributed by atoms with Crippen LogP contribution >= 0.6 is 0 Å². The van der Waals surface area contributed by atoms with E-state index in [-0.39, 0.29) is 19.0 Å². The topological polar surface area (TPSA) is 3.24 Å². The minimum absolute atomic E-state index is 0.0709. The van der Waals surface area contributed by atoms with Gasteiger partial charge in [-0.25, -0.2) is 0 Å². The Morgan fingerprint density at radius 1 is 1.36 bits per heavy atom. The van der Waals surface area contributed by atoms with Crippen LogP contribution in [0.1, 0.15) is 13.3 Å². The molecule has 1 aliphatic heterocycles. The Morgan fingerprint density at radius 2 is 1.91 bits per heavy atom. The minimum Gasteiger partial charge on any atom is -0.303 e. The lowest BCUT2D eigenvalue weighted by atomic mass is 10.1. The first-order valence-electron chi connectivity index (χ1n) is 3.68. The van der Waals surface area contributed by atoms with Crippen LogP contribution in [0.15, 0.2) is 0 Å². The van der Waals surface area contributed by atoms with Crippen molar-refractivity contribution < 1.29 is 13.2 Å². The van der Waals surface area contributed by atoms with E-state index in [4.69, 9.17) is 0 Å². The average Bonchev–Trinajstić information content (AvgIpc) is 2.11. The second-order valence-corrected chi connectivity index (χ2v) is 3.26. The number of nitrogens with zero attached hydrogens (tertiary/aromatic N) is 1. The second-order valence-electron chi connectivity index (χ2n) is 3.26. The molecule has 0 radical (unpaired) electrons. The highest BCUT2D eigenvalue weighted by atomic mass is 19.4. The molecule has 1 aliphatic rings. The minimum atomic E-state index is -4.00. The lowest BCUT2D eigenvalue weighted by Gasteiger charge is -2.14. The number of likely N-dealkylation sites (tertiary alicyclic amines) is 1. The van der Waals surface area contributed by atoms with Crippen molar-refractivity contribution in [2.24, 2.45) is 5.92 Å². The highest BCUT2D eigenvalue weighted by Crippen LogP contribution is 2.35. The predicted molar refractivity (Wildman–Crippen MR) is 36.3 cm³/mol. The number of hydrogen-bond donors (Lipinski definition) is 0. The molecule has 0 aromatic carbocycles. The molecule has 11 heavy (non-hydrogen) atoms. The highest BCUT2D eigenvalue weighted by molar-refractivity contribution is 4.83. The van der Waals surface area contributed by atoms with Crippen LogP contribution in [0, 0.1) is 5.92 Å². The maximum atomic E-state index is 12.1. The van der Waals surface area contributed by atoms with Crippen molar-refractivity contribution in [1.82, 2.24) is 4.90 Å². The van der Waals surface area contributed by atoms with Crippen LogP contribution < -0.4 is 0 Å². The summed E-state index contributed by atoms with van der Waals surface area (Å²) >= 11 is 0. The Hall–Kier alpha value is -0.250. The normalized spacial score (nSPS) is 34.6. The van der Waals surface area contributed by atoms with Crippen molar-refractivity contribution in [3.8, 4) is 0 Å². The smallest absolute Gasteiger partial charge is 0.303 e. The van der Waals surface area contributed by atoms with E-state index in [9.17, 15) is 13.2 Å². The van der Waals surface area contributed by atoms with E-state index in [1.54, 1.807) is 11.9 Å². The molecule has 1 unspecified atom stereocenters. The molecule has 66 valence electrons. The van der Waals surface area contributed by atoms with E-state index in [0.29, 0.717) is 0 Å². The van der Waals surface area contributed by atoms with Crippen molar-refractivity contribution in [2.45, 2.75) is 25.6 Å². The molecule has 1 nitrogen and oxygen atoms in total. The molecule has 1 rings (SSSR count). The van der Waals surface area contributed by atoms with E-state index >= 15 is 0 Å². The molecule has 0 bridgehead atoms. The van der Waals surface area contributed by atoms with E-state index in [0.717, 1.165) is 0 Å². The summed E-state index contributed by atoms with van der Waals surface area (Å²) in [5.41, 5.74) is 0. The zero-order valence-corrected chi connectivity index (χ0v) is 6.65. The second kappa shape index (κ2) is 2.66. The Labute approximate surface area is 64.2 Å². The maximum Gasteiger partial charge on any atom is 0.393 e. The summed E-state index contributed by atoms with van der Waals surface area (Å²) in [5.74, 6) is -1.11. The zero-order chi connectivity index (χ0) is 8.65. The van der Waals surface area contributed by atoms with Crippen LogP contribution in [0.4, 0.5) is 13.2 Å². The fraction of sp³-hybridized carbons (Fsp3) is 1.00. The van der Waals surface area contributed by atoms with Gasteiger partial charge in [0.2, 0.25) is 0 Å². The monoisotopic (exact) mass is 167 g/mol. The first-order valence-corrected chi connectivity index (χ1v) is 3.68. The summed E-state index contributed by atoms with van der Waals surface area (Å²) in [4.78, 5) is 1.75. The Kier molecular flexibility index (Phi) is 2.14. The molecule has 0 aliphatic carbocycles. The standard InChI is InChI=1S/C7H12F3N/c1-5-3-6(4-11(5)2)7(8,9)10/h5-6H,3-4H2,1-2H3/t5?,6-/m0/s1. The van der Waals surface area contributed by atoms with Crippen LogP contribution in [-0.4, -0.2) is 30.7 Å². The van der Waals surface area contributed by atoms with Gasteiger partial charge in [0, 0.05) is 12.6 Å². The van der Waals surface area contributed by atoms with Crippen LogP contribution in [0.3, 0.4) is 0 Å². The molecular formula is C7H12F3N. The summed E-state index contributed by atoms with van der Waals surface area (Å²) in [6.07, 6.45) is -3.75. The highest BCUT2D eigenvalue weighted by Gasteiger charge is 2.44. The van der Waals surface area contributed by atoms with Gasteiger partial charge in [0.1, 0.15) is 0 Å². The van der Waals surface area contributed by atoms with Gasteiger partial charge in [-0.1, -0.05) is 0 Å². The SMILES string of the molecule is CC1C[C@H](C(F)(F)F)CN1C. The van der Waals surface area contributed by atoms with Crippen molar-refractivity contribution in [2.75, 3.05) is 13.6 Å². The zero-order valence-electron chi connectivity index (χ0n) is 6.65. The van der Waals surface area contributed by atoms with Crippen LogP contribution in [0.2, 0.25) is 0 Å². The van der Waals surface area contributed by atoms with Crippen LogP contribution in [-0.2, 0) is 0 Å². The molecule has 0 aromatic rings. The summed E-state index contributed by atoms with van der Waals surface area (Å²) in [7, 11) is 1.73. The van der Waals surface area contributed by atoms with Gasteiger partial charge < -0.3 is 4.90 Å². The Balaban J connectivity index is 2.54. The van der Waals surface area contributed by atoms with Crippen molar-refractivity contribution in [1.29, 1.82) is 0 Å². The third-order valence-electron chi connectivity index (χ3n) is 2.35. The van der Waals surface area contributed by atoms with E-state index in [2.05, 4.69) is 0 Å². The number of alkyl halides is 3. The molecule has 0 amide bonds. The molecule has 0 spiro atoms. The van der Waals surface area contributed by atoms with Gasteiger partial charge in [-0.15, -0.1) is 0 Å². The number of hydrogen-bond acceptors (Lipinski definition) is 1. The average molecular weight is 167 g/mol. The molecule has 4 heteroatoms. The number of rotatable bonds is 0. The summed E-state index contributed by atoms with van der Waals surface area (Å²) in [5, 5.41) is 0. The van der Waals surface area contributed by atoms with Crippen LogP contribution in [0.5, 0.6) is 0 Å². The van der Waals surface area contributed by atoms with Crippen molar-refractivity contribution >= 4 is 0 Å². The molecule has 1 heterocycles. The quantitative estimate of drug-likeness (QED) is 0.532. The van der Waals surface area contributed by atoms with Crippen molar-refractivity contribution in [3.63, 3.8) is 0 Å². The van der Waals surface area contributed by atoms with Crippen LogP contribution in [0.25, 0.3) is 0 Å². The van der Waals surface area contributed by atoms with Gasteiger partial charge in [0.25, 0.3) is 0 Å². The van der Waals surface area contributed by atoms with E-state index in [1.165, 1.54) is 0 Å². The predicted octanol–water partition coefficient (Wildman–Crippen LogP) is 1.89. The third kappa shape index (κ3) is 1.86. The van der Waals surface area contributed by atoms with Gasteiger partial charge in [-0.3, -0.25) is 0 Å².